The van der Waals surface area contributed by atoms with Crippen LogP contribution in [0.2, 0.25) is 10.0 Å². The van der Waals surface area contributed by atoms with Crippen molar-refractivity contribution >= 4 is 57.2 Å². The van der Waals surface area contributed by atoms with Gasteiger partial charge < -0.3 is 10.6 Å². The fourth-order valence-electron chi connectivity index (χ4n) is 3.49. The molecule has 4 aromatic carbocycles. The van der Waals surface area contributed by atoms with Crippen LogP contribution in [0.4, 0.5) is 11.4 Å². The highest BCUT2D eigenvalue weighted by Crippen LogP contribution is 2.29. The molecule has 0 bridgehead atoms. The van der Waals surface area contributed by atoms with E-state index in [0.717, 1.165) is 21.9 Å². The van der Waals surface area contributed by atoms with Crippen molar-refractivity contribution in [3.05, 3.63) is 106 Å². The number of amides is 2. The number of halogens is 2. The molecule has 0 unspecified atom stereocenters. The van der Waals surface area contributed by atoms with Crippen molar-refractivity contribution in [2.45, 2.75) is 12.8 Å². The average Bonchev–Trinajstić information content (AvgIpc) is 2.77. The first-order valence-electron chi connectivity index (χ1n) is 10.1. The molecule has 0 aliphatic rings. The highest BCUT2D eigenvalue weighted by atomic mass is 35.5. The van der Waals surface area contributed by atoms with Crippen LogP contribution in [0.25, 0.3) is 10.8 Å². The summed E-state index contributed by atoms with van der Waals surface area (Å²) in [6.07, 6.45) is 0.482. The first-order chi connectivity index (χ1) is 15.5. The van der Waals surface area contributed by atoms with Gasteiger partial charge in [0.25, 0.3) is 0 Å². The van der Waals surface area contributed by atoms with Crippen molar-refractivity contribution in [1.82, 2.24) is 0 Å². The average molecular weight is 463 g/mol. The summed E-state index contributed by atoms with van der Waals surface area (Å²) in [6.45, 7) is 0. The van der Waals surface area contributed by atoms with Gasteiger partial charge in [0.15, 0.2) is 0 Å². The smallest absolute Gasteiger partial charge is 0.228 e. The molecule has 0 saturated carbocycles. The van der Waals surface area contributed by atoms with E-state index in [0.29, 0.717) is 21.4 Å². The Labute approximate surface area is 196 Å². The fraction of sp³-hybridized carbons (Fsp3) is 0.0769. The van der Waals surface area contributed by atoms with Gasteiger partial charge >= 0.3 is 0 Å². The van der Waals surface area contributed by atoms with Gasteiger partial charge in [0.2, 0.25) is 11.8 Å². The van der Waals surface area contributed by atoms with Gasteiger partial charge in [-0.1, -0.05) is 71.7 Å². The molecule has 0 saturated heterocycles. The summed E-state index contributed by atoms with van der Waals surface area (Å²) in [6, 6.07) is 25.6. The summed E-state index contributed by atoms with van der Waals surface area (Å²) in [4.78, 5) is 25.2. The predicted octanol–water partition coefficient (Wildman–Crippen LogP) is 6.51. The van der Waals surface area contributed by atoms with Crippen LogP contribution in [0, 0.1) is 0 Å². The molecule has 0 fully saturated rings. The Morgan fingerprint density at radius 2 is 0.938 bits per heavy atom. The normalized spacial score (nSPS) is 10.7. The van der Waals surface area contributed by atoms with Crippen LogP contribution in [0.3, 0.4) is 0 Å². The SMILES string of the molecule is O=C(Cc1ccc(Cl)cc1)Nc1cccc2c(NC(=O)Cc3ccc(Cl)cc3)cccc12. The lowest BCUT2D eigenvalue weighted by atomic mass is 10.1. The van der Waals surface area contributed by atoms with Crippen molar-refractivity contribution in [1.29, 1.82) is 0 Å². The van der Waals surface area contributed by atoms with Gasteiger partial charge in [-0.2, -0.15) is 0 Å². The molecule has 0 radical (unpaired) electrons. The molecular weight excluding hydrogens is 443 g/mol. The highest BCUT2D eigenvalue weighted by molar-refractivity contribution is 6.30. The van der Waals surface area contributed by atoms with Crippen LogP contribution in [-0.2, 0) is 22.4 Å². The van der Waals surface area contributed by atoms with Crippen molar-refractivity contribution < 1.29 is 9.59 Å². The van der Waals surface area contributed by atoms with Gasteiger partial charge in [-0.05, 0) is 47.5 Å². The number of carbonyl (C=O) groups excluding carboxylic acids is 2. The summed E-state index contributed by atoms with van der Waals surface area (Å²) in [7, 11) is 0. The van der Waals surface area contributed by atoms with Gasteiger partial charge in [0.1, 0.15) is 0 Å². The fourth-order valence-corrected chi connectivity index (χ4v) is 3.74. The molecule has 160 valence electrons. The van der Waals surface area contributed by atoms with Gasteiger partial charge in [-0.3, -0.25) is 9.59 Å². The number of hydrogen-bond acceptors (Lipinski definition) is 2. The molecule has 6 heteroatoms. The first kappa shape index (κ1) is 21.9. The van der Waals surface area contributed by atoms with Gasteiger partial charge in [-0.15, -0.1) is 0 Å². The third-order valence-corrected chi connectivity index (χ3v) is 5.53. The molecule has 4 nitrogen and oxygen atoms in total. The van der Waals surface area contributed by atoms with Crippen LogP contribution in [0.15, 0.2) is 84.9 Å². The number of nitrogens with one attached hydrogen (secondary N) is 2. The zero-order chi connectivity index (χ0) is 22.5. The Morgan fingerprint density at radius 3 is 1.31 bits per heavy atom. The topological polar surface area (TPSA) is 58.2 Å². The minimum Gasteiger partial charge on any atom is -0.325 e. The van der Waals surface area contributed by atoms with E-state index in [1.807, 2.05) is 60.7 Å². The summed E-state index contributed by atoms with van der Waals surface area (Å²) >= 11 is 11.8. The van der Waals surface area contributed by atoms with E-state index in [2.05, 4.69) is 10.6 Å². The molecule has 2 amide bonds. The summed E-state index contributed by atoms with van der Waals surface area (Å²) in [5, 5.41) is 8.92. The molecule has 4 rings (SSSR count). The monoisotopic (exact) mass is 462 g/mol. The minimum atomic E-state index is -0.128. The summed E-state index contributed by atoms with van der Waals surface area (Å²) in [5.41, 5.74) is 3.13. The number of hydrogen-bond donors (Lipinski definition) is 2. The van der Waals surface area contributed by atoms with E-state index in [-0.39, 0.29) is 24.7 Å². The van der Waals surface area contributed by atoms with E-state index >= 15 is 0 Å². The van der Waals surface area contributed by atoms with Crippen molar-refractivity contribution in [2.75, 3.05) is 10.6 Å². The van der Waals surface area contributed by atoms with Crippen molar-refractivity contribution in [3.63, 3.8) is 0 Å². The van der Waals surface area contributed by atoms with Gasteiger partial charge in [-0.25, -0.2) is 0 Å². The Balaban J connectivity index is 1.50. The van der Waals surface area contributed by atoms with Crippen LogP contribution >= 0.6 is 23.2 Å². The second-order valence-corrected chi connectivity index (χ2v) is 8.28. The Kier molecular flexibility index (Phi) is 6.74. The van der Waals surface area contributed by atoms with E-state index in [9.17, 15) is 9.59 Å². The predicted molar refractivity (Wildman–Crippen MR) is 132 cm³/mol. The molecule has 4 aromatic rings. The van der Waals surface area contributed by atoms with Crippen molar-refractivity contribution in [3.8, 4) is 0 Å². The number of rotatable bonds is 6. The Bertz CT molecular complexity index is 1170. The van der Waals surface area contributed by atoms with E-state index in [4.69, 9.17) is 23.2 Å². The molecule has 2 N–H and O–H groups in total. The van der Waals surface area contributed by atoms with E-state index in [1.54, 1.807) is 24.3 Å². The molecule has 0 spiro atoms. The summed E-state index contributed by atoms with van der Waals surface area (Å²) < 4.78 is 0. The molecular formula is C26H20Cl2N2O2. The number of carbonyl (C=O) groups is 2. The van der Waals surface area contributed by atoms with Gasteiger partial charge in [0.05, 0.1) is 12.8 Å². The lowest BCUT2D eigenvalue weighted by Crippen LogP contribution is -2.15. The van der Waals surface area contributed by atoms with E-state index < -0.39 is 0 Å². The second kappa shape index (κ2) is 9.86. The maximum Gasteiger partial charge on any atom is 0.228 e. The lowest BCUT2D eigenvalue weighted by Gasteiger charge is -2.13. The highest BCUT2D eigenvalue weighted by Gasteiger charge is 2.11. The van der Waals surface area contributed by atoms with Crippen molar-refractivity contribution in [2.24, 2.45) is 0 Å². The Morgan fingerprint density at radius 1 is 0.562 bits per heavy atom. The van der Waals surface area contributed by atoms with Crippen LogP contribution in [0.1, 0.15) is 11.1 Å². The molecule has 0 atom stereocenters. The molecule has 0 aliphatic heterocycles. The molecule has 0 aliphatic carbocycles. The van der Waals surface area contributed by atoms with Crippen LogP contribution in [0.5, 0.6) is 0 Å². The molecule has 0 aromatic heterocycles. The van der Waals surface area contributed by atoms with E-state index in [1.165, 1.54) is 0 Å². The third-order valence-electron chi connectivity index (χ3n) is 5.03. The maximum atomic E-state index is 12.6. The first-order valence-corrected chi connectivity index (χ1v) is 10.8. The number of anilines is 2. The Hall–Kier alpha value is -3.34. The van der Waals surface area contributed by atoms with Crippen LogP contribution < -0.4 is 10.6 Å². The standard InChI is InChI=1S/C26H20Cl2N2O2/c27-19-11-7-17(8-12-19)15-25(31)29-23-5-1-3-21-22(23)4-2-6-24(21)30-26(32)16-18-9-13-20(28)14-10-18/h1-14H,15-16H2,(H,29,31)(H,30,32). The maximum absolute atomic E-state index is 12.6. The minimum absolute atomic E-state index is 0.128. The summed E-state index contributed by atoms with van der Waals surface area (Å²) in [5.74, 6) is -0.256. The molecule has 0 heterocycles. The largest absolute Gasteiger partial charge is 0.325 e. The van der Waals surface area contributed by atoms with Crippen LogP contribution in [-0.4, -0.2) is 11.8 Å². The second-order valence-electron chi connectivity index (χ2n) is 7.41. The quantitative estimate of drug-likeness (QED) is 0.343. The zero-order valence-electron chi connectivity index (χ0n) is 17.1. The van der Waals surface area contributed by atoms with Gasteiger partial charge in [0, 0.05) is 32.2 Å². The molecule has 32 heavy (non-hydrogen) atoms. The number of benzene rings is 4. The number of fused-ring (bicyclic) bond motifs is 1. The lowest BCUT2D eigenvalue weighted by molar-refractivity contribution is -0.116. The third kappa shape index (κ3) is 5.47. The zero-order valence-corrected chi connectivity index (χ0v) is 18.6.